The Hall–Kier alpha value is -3.46. The van der Waals surface area contributed by atoms with Gasteiger partial charge >= 0.3 is 0 Å². The van der Waals surface area contributed by atoms with E-state index >= 15 is 0 Å². The van der Waals surface area contributed by atoms with Gasteiger partial charge in [0.2, 0.25) is 11.9 Å². The van der Waals surface area contributed by atoms with Crippen molar-refractivity contribution < 1.29 is 10.0 Å². The maximum Gasteiger partial charge on any atom is 0.252 e. The number of anilines is 3. The molecule has 9 heteroatoms. The monoisotopic (exact) mass is 518 g/mol. The lowest BCUT2D eigenvalue weighted by molar-refractivity contribution is -0.162. The molecule has 1 aliphatic heterocycles. The molecule has 38 heavy (non-hydrogen) atoms. The van der Waals surface area contributed by atoms with E-state index in [4.69, 9.17) is 4.98 Å². The molecule has 0 radical (unpaired) electrons. The average molecular weight is 519 g/mol. The van der Waals surface area contributed by atoms with Crippen molar-refractivity contribution in [3.05, 3.63) is 52.4 Å². The van der Waals surface area contributed by atoms with Gasteiger partial charge in [-0.25, -0.2) is 10.0 Å². The summed E-state index contributed by atoms with van der Waals surface area (Å²) in [5, 5.41) is 14.6. The van der Waals surface area contributed by atoms with Crippen LogP contribution in [-0.2, 0) is 4.79 Å². The maximum atomic E-state index is 12.9. The fraction of sp³-hybridized carbons (Fsp3) is 0.517. The molecule has 1 aromatic carbocycles. The van der Waals surface area contributed by atoms with E-state index in [2.05, 4.69) is 27.3 Å². The molecule has 0 spiro atoms. The Balaban J connectivity index is 1.21. The zero-order chi connectivity index (χ0) is 26.6. The molecule has 0 atom stereocenters. The molecule has 2 N–H and O–H groups in total. The summed E-state index contributed by atoms with van der Waals surface area (Å²) in [4.78, 5) is 35.8. The van der Waals surface area contributed by atoms with Crippen molar-refractivity contribution >= 4 is 34.3 Å². The highest BCUT2D eigenvalue weighted by Crippen LogP contribution is 2.31. The smallest absolute Gasteiger partial charge is 0.252 e. The van der Waals surface area contributed by atoms with Crippen LogP contribution < -0.4 is 15.8 Å². The molecule has 1 saturated heterocycles. The number of aromatic nitrogens is 3. The number of nitrogens with one attached hydrogen (secondary N) is 1. The third-order valence-corrected chi connectivity index (χ3v) is 8.14. The topological polar surface area (TPSA) is 104 Å². The van der Waals surface area contributed by atoms with E-state index in [1.54, 1.807) is 6.07 Å². The van der Waals surface area contributed by atoms with Crippen molar-refractivity contribution in [1.82, 2.24) is 19.6 Å². The third-order valence-electron chi connectivity index (χ3n) is 8.14. The largest absolute Gasteiger partial charge is 0.372 e. The predicted molar refractivity (Wildman–Crippen MR) is 149 cm³/mol. The van der Waals surface area contributed by atoms with Crippen LogP contribution in [0.25, 0.3) is 11.0 Å². The first-order chi connectivity index (χ1) is 18.4. The summed E-state index contributed by atoms with van der Waals surface area (Å²) in [6.45, 7) is 5.73. The molecule has 3 aromatic rings. The highest BCUT2D eigenvalue weighted by Gasteiger charge is 2.22. The lowest BCUT2D eigenvalue weighted by Gasteiger charge is -2.34. The van der Waals surface area contributed by atoms with Gasteiger partial charge in [0.15, 0.2) is 0 Å². The number of fused-ring (bicyclic) bond motifs is 1. The van der Waals surface area contributed by atoms with Gasteiger partial charge in [-0.3, -0.25) is 19.4 Å². The van der Waals surface area contributed by atoms with Crippen molar-refractivity contribution in [2.24, 2.45) is 5.92 Å². The van der Waals surface area contributed by atoms with Crippen molar-refractivity contribution in [2.45, 2.75) is 71.3 Å². The Morgan fingerprint density at radius 3 is 2.53 bits per heavy atom. The molecular weight excluding hydrogens is 480 g/mol. The molecule has 3 heterocycles. The Kier molecular flexibility index (Phi) is 7.93. The summed E-state index contributed by atoms with van der Waals surface area (Å²) >= 11 is 0. The van der Waals surface area contributed by atoms with Crippen molar-refractivity contribution in [2.75, 3.05) is 29.9 Å². The van der Waals surface area contributed by atoms with E-state index < -0.39 is 0 Å². The Bertz CT molecular complexity index is 1320. The lowest BCUT2D eigenvalue weighted by atomic mass is 9.92. The van der Waals surface area contributed by atoms with E-state index in [1.165, 1.54) is 12.6 Å². The number of carbonyl (C=O) groups excluding carboxylic acids is 1. The normalized spacial score (nSPS) is 16.8. The number of piperidine rings is 1. The second-order valence-corrected chi connectivity index (χ2v) is 10.8. The van der Waals surface area contributed by atoms with Crippen LogP contribution in [0, 0.1) is 12.8 Å². The molecule has 202 valence electrons. The second-order valence-electron chi connectivity index (χ2n) is 10.8. The molecule has 5 rings (SSSR count). The van der Waals surface area contributed by atoms with Gasteiger partial charge in [-0.15, -0.1) is 0 Å². The summed E-state index contributed by atoms with van der Waals surface area (Å²) in [7, 11) is 0. The lowest BCUT2D eigenvalue weighted by Crippen LogP contribution is -2.34. The summed E-state index contributed by atoms with van der Waals surface area (Å²) in [5.74, 6) is 0.821. The van der Waals surface area contributed by atoms with Gasteiger partial charge in [-0.1, -0.05) is 12.8 Å². The molecule has 1 saturated carbocycles. The summed E-state index contributed by atoms with van der Waals surface area (Å²) in [6.07, 6.45) is 10.2. The first-order valence-electron chi connectivity index (χ1n) is 13.9. The first kappa shape index (κ1) is 26.2. The van der Waals surface area contributed by atoms with E-state index in [1.807, 2.05) is 29.8 Å². The van der Waals surface area contributed by atoms with Gasteiger partial charge in [0.1, 0.15) is 5.65 Å². The quantitative estimate of drug-likeness (QED) is 0.312. The number of amides is 1. The molecule has 1 amide bonds. The predicted octanol–water partition coefficient (Wildman–Crippen LogP) is 5.19. The standard InChI is InChI=1S/C29H38N6O3/c1-20-18-27(37)35(25-7-3-4-8-25)28-26(20)19-30-29(32-28)31-23-9-11-24(12-10-23)33-16-13-22(14-17-33)6-5-15-34(38)21(2)36/h9-12,18-19,22,25,38H,3-8,13-17H2,1-2H3,(H,30,31,32). The number of nitrogens with zero attached hydrogens (tertiary/aromatic N) is 5. The Labute approximate surface area is 223 Å². The second kappa shape index (κ2) is 11.5. The Morgan fingerprint density at radius 2 is 1.84 bits per heavy atom. The number of carbonyl (C=O) groups is 1. The number of rotatable bonds is 8. The number of pyridine rings is 1. The molecular formula is C29H38N6O3. The summed E-state index contributed by atoms with van der Waals surface area (Å²) in [5.41, 5.74) is 3.74. The number of hydroxylamine groups is 2. The van der Waals surface area contributed by atoms with E-state index in [0.717, 1.165) is 86.2 Å². The van der Waals surface area contributed by atoms with Crippen LogP contribution >= 0.6 is 0 Å². The third kappa shape index (κ3) is 5.83. The van der Waals surface area contributed by atoms with Crippen LogP contribution in [0.15, 0.2) is 41.3 Å². The van der Waals surface area contributed by atoms with Crippen molar-refractivity contribution in [1.29, 1.82) is 0 Å². The molecule has 0 bridgehead atoms. The molecule has 1 aliphatic carbocycles. The Morgan fingerprint density at radius 1 is 1.13 bits per heavy atom. The van der Waals surface area contributed by atoms with E-state index in [-0.39, 0.29) is 17.5 Å². The summed E-state index contributed by atoms with van der Waals surface area (Å²) in [6, 6.07) is 10.3. The fourth-order valence-corrected chi connectivity index (χ4v) is 5.90. The van der Waals surface area contributed by atoms with Crippen LogP contribution in [0.4, 0.5) is 17.3 Å². The zero-order valence-electron chi connectivity index (χ0n) is 22.4. The van der Waals surface area contributed by atoms with Gasteiger partial charge < -0.3 is 10.2 Å². The van der Waals surface area contributed by atoms with Gasteiger partial charge in [-0.2, -0.15) is 4.98 Å². The number of benzene rings is 1. The van der Waals surface area contributed by atoms with Crippen molar-refractivity contribution in [3.8, 4) is 0 Å². The SMILES string of the molecule is CC(=O)N(O)CCCC1CCN(c2ccc(Nc3ncc4c(C)cc(=O)n(C5CCCC5)c4n3)cc2)CC1. The van der Waals surface area contributed by atoms with Crippen LogP contribution in [-0.4, -0.2) is 50.3 Å². The maximum absolute atomic E-state index is 12.9. The molecule has 2 aromatic heterocycles. The number of hydrogen-bond donors (Lipinski definition) is 2. The fourth-order valence-electron chi connectivity index (χ4n) is 5.90. The highest BCUT2D eigenvalue weighted by atomic mass is 16.5. The minimum Gasteiger partial charge on any atom is -0.372 e. The molecule has 9 nitrogen and oxygen atoms in total. The zero-order valence-corrected chi connectivity index (χ0v) is 22.4. The van der Waals surface area contributed by atoms with Crippen LogP contribution in [0.3, 0.4) is 0 Å². The van der Waals surface area contributed by atoms with Gasteiger partial charge in [0.05, 0.1) is 0 Å². The number of hydrogen-bond acceptors (Lipinski definition) is 7. The van der Waals surface area contributed by atoms with E-state index in [0.29, 0.717) is 24.1 Å². The van der Waals surface area contributed by atoms with Gasteiger partial charge in [0.25, 0.3) is 5.56 Å². The first-order valence-corrected chi connectivity index (χ1v) is 13.9. The van der Waals surface area contributed by atoms with Crippen LogP contribution in [0.2, 0.25) is 0 Å². The van der Waals surface area contributed by atoms with Crippen LogP contribution in [0.1, 0.15) is 69.9 Å². The average Bonchev–Trinajstić information content (AvgIpc) is 3.44. The molecule has 0 unspecified atom stereocenters. The summed E-state index contributed by atoms with van der Waals surface area (Å²) < 4.78 is 1.87. The van der Waals surface area contributed by atoms with Crippen molar-refractivity contribution in [3.63, 3.8) is 0 Å². The van der Waals surface area contributed by atoms with Crippen LogP contribution in [0.5, 0.6) is 0 Å². The number of aryl methyl sites for hydroxylation is 1. The van der Waals surface area contributed by atoms with Gasteiger partial charge in [-0.05, 0) is 81.2 Å². The van der Waals surface area contributed by atoms with Gasteiger partial charge in [0, 0.05) is 61.6 Å². The minimum atomic E-state index is -0.302. The minimum absolute atomic E-state index is 0.0195. The van der Waals surface area contributed by atoms with E-state index in [9.17, 15) is 14.8 Å². The molecule has 2 fully saturated rings. The highest BCUT2D eigenvalue weighted by molar-refractivity contribution is 5.79. The molecule has 2 aliphatic rings.